The van der Waals surface area contributed by atoms with Gasteiger partial charge in [-0.25, -0.2) is 0 Å². The zero-order valence-electron chi connectivity index (χ0n) is 9.06. The van der Waals surface area contributed by atoms with E-state index in [1.807, 2.05) is 0 Å². The average molecular weight is 224 g/mol. The van der Waals surface area contributed by atoms with Crippen LogP contribution in [0.15, 0.2) is 6.20 Å². The summed E-state index contributed by atoms with van der Waals surface area (Å²) in [6.45, 7) is 1.54. The van der Waals surface area contributed by atoms with Crippen LogP contribution in [0.1, 0.15) is 29.8 Å². The fraction of sp³-hybridized carbons (Fsp3) is 0.600. The van der Waals surface area contributed by atoms with Gasteiger partial charge < -0.3 is 16.2 Å². The number of nitrogens with two attached hydrogens (primary N) is 2. The first-order valence-electron chi connectivity index (χ1n) is 5.41. The van der Waals surface area contributed by atoms with E-state index in [0.29, 0.717) is 18.3 Å². The molecule has 1 saturated heterocycles. The predicted octanol–water partition coefficient (Wildman–Crippen LogP) is 0.133. The second kappa shape index (κ2) is 4.52. The number of nitrogens with zero attached hydrogens (tertiary/aromatic N) is 2. The van der Waals surface area contributed by atoms with E-state index in [9.17, 15) is 4.79 Å². The van der Waals surface area contributed by atoms with Crippen LogP contribution < -0.4 is 11.5 Å². The molecule has 2 rings (SSSR count). The van der Waals surface area contributed by atoms with Crippen molar-refractivity contribution in [2.45, 2.75) is 31.9 Å². The molecule has 1 aliphatic heterocycles. The van der Waals surface area contributed by atoms with Crippen molar-refractivity contribution in [1.82, 2.24) is 9.78 Å². The lowest BCUT2D eigenvalue weighted by Crippen LogP contribution is -2.15. The Bertz CT molecular complexity index is 382. The molecule has 1 fully saturated rings. The summed E-state index contributed by atoms with van der Waals surface area (Å²) in [6, 6.07) is 0. The Balaban J connectivity index is 1.94. The zero-order valence-corrected chi connectivity index (χ0v) is 9.06. The van der Waals surface area contributed by atoms with Crippen LogP contribution in [-0.4, -0.2) is 28.4 Å². The molecule has 1 aliphatic rings. The number of nitrogen functional groups attached to an aromatic ring is 1. The molecule has 0 bridgehead atoms. The van der Waals surface area contributed by atoms with E-state index in [4.69, 9.17) is 16.2 Å². The van der Waals surface area contributed by atoms with Gasteiger partial charge in [-0.3, -0.25) is 9.48 Å². The average Bonchev–Trinajstić information content (AvgIpc) is 2.83. The highest BCUT2D eigenvalue weighted by atomic mass is 16.5. The first-order chi connectivity index (χ1) is 7.66. The molecular weight excluding hydrogens is 208 g/mol. The Kier molecular flexibility index (Phi) is 3.09. The van der Waals surface area contributed by atoms with Crippen molar-refractivity contribution >= 4 is 11.6 Å². The van der Waals surface area contributed by atoms with Crippen molar-refractivity contribution in [2.24, 2.45) is 5.73 Å². The van der Waals surface area contributed by atoms with E-state index in [-0.39, 0.29) is 5.69 Å². The van der Waals surface area contributed by atoms with Gasteiger partial charge in [-0.15, -0.1) is 0 Å². The van der Waals surface area contributed by atoms with Crippen LogP contribution in [0, 0.1) is 0 Å². The largest absolute Gasteiger partial charge is 0.396 e. The smallest absolute Gasteiger partial charge is 0.271 e. The van der Waals surface area contributed by atoms with Gasteiger partial charge in [0.2, 0.25) is 0 Å². The molecule has 0 radical (unpaired) electrons. The second-order valence-electron chi connectivity index (χ2n) is 3.98. The summed E-state index contributed by atoms with van der Waals surface area (Å²) in [6.07, 6.45) is 5.05. The summed E-state index contributed by atoms with van der Waals surface area (Å²) >= 11 is 0. The zero-order chi connectivity index (χ0) is 11.5. The molecule has 2 heterocycles. The van der Waals surface area contributed by atoms with Gasteiger partial charge in [0.25, 0.3) is 5.91 Å². The number of carbonyl (C=O) groups excluding carboxylic acids is 1. The van der Waals surface area contributed by atoms with Crippen LogP contribution in [0.2, 0.25) is 0 Å². The number of aryl methyl sites for hydroxylation is 1. The Morgan fingerprint density at radius 1 is 1.69 bits per heavy atom. The van der Waals surface area contributed by atoms with Crippen LogP contribution in [0.25, 0.3) is 0 Å². The first-order valence-corrected chi connectivity index (χ1v) is 5.41. The summed E-state index contributed by atoms with van der Waals surface area (Å²) in [4.78, 5) is 10.9. The topological polar surface area (TPSA) is 96.2 Å². The van der Waals surface area contributed by atoms with Gasteiger partial charge in [0.15, 0.2) is 5.69 Å². The molecular formula is C10H16N4O2. The van der Waals surface area contributed by atoms with E-state index in [1.54, 1.807) is 10.9 Å². The molecule has 1 atom stereocenters. The number of hydrogen-bond acceptors (Lipinski definition) is 4. The van der Waals surface area contributed by atoms with E-state index in [0.717, 1.165) is 25.9 Å². The number of amides is 1. The van der Waals surface area contributed by atoms with Crippen molar-refractivity contribution < 1.29 is 9.53 Å². The van der Waals surface area contributed by atoms with Gasteiger partial charge in [0.1, 0.15) is 0 Å². The normalized spacial score (nSPS) is 20.1. The molecule has 4 N–H and O–H groups in total. The van der Waals surface area contributed by atoms with E-state index >= 15 is 0 Å². The molecule has 0 aromatic carbocycles. The number of rotatable bonds is 4. The molecule has 6 nitrogen and oxygen atoms in total. The monoisotopic (exact) mass is 224 g/mol. The third-order valence-corrected chi connectivity index (χ3v) is 2.73. The summed E-state index contributed by atoms with van der Waals surface area (Å²) in [5.74, 6) is -0.589. The number of aromatic nitrogens is 2. The predicted molar refractivity (Wildman–Crippen MR) is 58.7 cm³/mol. The molecule has 0 saturated carbocycles. The molecule has 1 aromatic rings. The van der Waals surface area contributed by atoms with Gasteiger partial charge >= 0.3 is 0 Å². The second-order valence-corrected chi connectivity index (χ2v) is 3.98. The van der Waals surface area contributed by atoms with E-state index in [1.165, 1.54) is 0 Å². The first kappa shape index (κ1) is 10.9. The fourth-order valence-corrected chi connectivity index (χ4v) is 1.89. The van der Waals surface area contributed by atoms with Crippen LogP contribution in [-0.2, 0) is 11.3 Å². The highest BCUT2D eigenvalue weighted by molar-refractivity contribution is 5.95. The lowest BCUT2D eigenvalue weighted by Gasteiger charge is -2.08. The van der Waals surface area contributed by atoms with Crippen LogP contribution in [0.4, 0.5) is 5.69 Å². The molecule has 0 spiro atoms. The quantitative estimate of drug-likeness (QED) is 0.760. The number of primary amides is 1. The maximum absolute atomic E-state index is 10.9. The Hall–Kier alpha value is -1.56. The van der Waals surface area contributed by atoms with Gasteiger partial charge in [-0.2, -0.15) is 5.10 Å². The number of hydrogen-bond donors (Lipinski definition) is 2. The Morgan fingerprint density at radius 2 is 2.50 bits per heavy atom. The highest BCUT2D eigenvalue weighted by Gasteiger charge is 2.16. The molecule has 16 heavy (non-hydrogen) atoms. The van der Waals surface area contributed by atoms with Crippen LogP contribution in [0.3, 0.4) is 0 Å². The minimum Gasteiger partial charge on any atom is -0.396 e. The van der Waals surface area contributed by atoms with E-state index < -0.39 is 5.91 Å². The Labute approximate surface area is 93.5 Å². The summed E-state index contributed by atoms with van der Waals surface area (Å²) < 4.78 is 7.15. The van der Waals surface area contributed by atoms with Gasteiger partial charge in [-0.1, -0.05) is 0 Å². The van der Waals surface area contributed by atoms with Crippen molar-refractivity contribution in [1.29, 1.82) is 0 Å². The number of carbonyl (C=O) groups is 1. The van der Waals surface area contributed by atoms with Crippen molar-refractivity contribution in [3.05, 3.63) is 11.9 Å². The van der Waals surface area contributed by atoms with Crippen LogP contribution >= 0.6 is 0 Å². The SMILES string of the molecule is NC(=O)c1nn(CCC2CCCO2)cc1N. The van der Waals surface area contributed by atoms with E-state index in [2.05, 4.69) is 5.10 Å². The molecule has 1 amide bonds. The molecule has 1 aromatic heterocycles. The third kappa shape index (κ3) is 2.33. The highest BCUT2D eigenvalue weighted by Crippen LogP contribution is 2.16. The molecule has 88 valence electrons. The maximum atomic E-state index is 10.9. The molecule has 1 unspecified atom stereocenters. The molecule has 6 heteroatoms. The summed E-state index contributed by atoms with van der Waals surface area (Å²) in [5, 5.41) is 4.03. The standard InChI is InChI=1S/C10H16N4O2/c11-8-6-14(13-9(8)10(12)15)4-3-7-2-1-5-16-7/h6-7H,1-5,11H2,(H2,12,15). The van der Waals surface area contributed by atoms with Crippen molar-refractivity contribution in [3.63, 3.8) is 0 Å². The van der Waals surface area contributed by atoms with Gasteiger partial charge in [0, 0.05) is 19.3 Å². The van der Waals surface area contributed by atoms with Gasteiger partial charge in [-0.05, 0) is 19.3 Å². The minimum absolute atomic E-state index is 0.146. The lowest BCUT2D eigenvalue weighted by molar-refractivity contribution is 0.0984. The fourth-order valence-electron chi connectivity index (χ4n) is 1.89. The van der Waals surface area contributed by atoms with Crippen molar-refractivity contribution in [2.75, 3.05) is 12.3 Å². The summed E-state index contributed by atoms with van der Waals surface area (Å²) in [7, 11) is 0. The molecule has 0 aliphatic carbocycles. The summed E-state index contributed by atoms with van der Waals surface area (Å²) in [5.41, 5.74) is 11.2. The number of anilines is 1. The Morgan fingerprint density at radius 3 is 3.06 bits per heavy atom. The maximum Gasteiger partial charge on any atom is 0.271 e. The minimum atomic E-state index is -0.589. The van der Waals surface area contributed by atoms with Crippen LogP contribution in [0.5, 0.6) is 0 Å². The number of ether oxygens (including phenoxy) is 1. The third-order valence-electron chi connectivity index (χ3n) is 2.73. The lowest BCUT2D eigenvalue weighted by atomic mass is 10.2. The van der Waals surface area contributed by atoms with Crippen molar-refractivity contribution in [3.8, 4) is 0 Å². The van der Waals surface area contributed by atoms with Gasteiger partial charge in [0.05, 0.1) is 11.8 Å².